The average molecular weight is 318 g/mol. The highest BCUT2D eigenvalue weighted by atomic mass is 16.6. The van der Waals surface area contributed by atoms with Crippen LogP contribution in [0.25, 0.3) is 0 Å². The molecule has 0 bridgehead atoms. The summed E-state index contributed by atoms with van der Waals surface area (Å²) in [5, 5.41) is 0. The van der Waals surface area contributed by atoms with Crippen LogP contribution in [0.4, 0.5) is 4.79 Å². The molecule has 2 fully saturated rings. The molecule has 3 rings (SSSR count). The number of hydrogen-bond acceptors (Lipinski definition) is 4. The Hall–Kier alpha value is -1.75. The van der Waals surface area contributed by atoms with E-state index in [0.717, 1.165) is 38.2 Å². The van der Waals surface area contributed by atoms with Crippen molar-refractivity contribution in [1.82, 2.24) is 9.80 Å². The molecule has 1 aromatic carbocycles. The number of nitrogens with zero attached hydrogens (tertiary/aromatic N) is 2. The predicted octanol–water partition coefficient (Wildman–Crippen LogP) is 2.54. The molecule has 1 aromatic rings. The van der Waals surface area contributed by atoms with Gasteiger partial charge in [-0.3, -0.25) is 4.90 Å². The number of hydrogen-bond donors (Lipinski definition) is 0. The van der Waals surface area contributed by atoms with Crippen molar-refractivity contribution in [3.8, 4) is 5.75 Å². The molecule has 0 unspecified atom stereocenters. The number of rotatable bonds is 6. The number of methoxy groups -OCH3 is 1. The number of carbonyl (C=O) groups excluding carboxylic acids is 1. The van der Waals surface area contributed by atoms with Gasteiger partial charge in [0.15, 0.2) is 0 Å². The second-order valence-corrected chi connectivity index (χ2v) is 6.68. The highest BCUT2D eigenvalue weighted by Gasteiger charge is 2.47. The number of carbonyl (C=O) groups is 1. The molecule has 0 N–H and O–H groups in total. The Bertz CT molecular complexity index is 544. The van der Waals surface area contributed by atoms with Gasteiger partial charge in [0.1, 0.15) is 11.9 Å². The van der Waals surface area contributed by atoms with Crippen molar-refractivity contribution in [3.05, 3.63) is 29.8 Å². The van der Waals surface area contributed by atoms with Crippen LogP contribution in [0.1, 0.15) is 25.8 Å². The van der Waals surface area contributed by atoms with Gasteiger partial charge in [0.2, 0.25) is 0 Å². The molecule has 2 aliphatic rings. The van der Waals surface area contributed by atoms with Crippen molar-refractivity contribution in [2.75, 3.05) is 26.7 Å². The third kappa shape index (κ3) is 3.44. The summed E-state index contributed by atoms with van der Waals surface area (Å²) in [4.78, 5) is 16.4. The number of aryl methyl sites for hydroxylation is 1. The van der Waals surface area contributed by atoms with Crippen LogP contribution in [-0.2, 0) is 11.2 Å². The molecule has 1 amide bonds. The van der Waals surface area contributed by atoms with Crippen molar-refractivity contribution < 1.29 is 14.3 Å². The Morgan fingerprint density at radius 2 is 2.00 bits per heavy atom. The molecule has 126 valence electrons. The van der Waals surface area contributed by atoms with Crippen molar-refractivity contribution in [2.45, 2.75) is 44.9 Å². The van der Waals surface area contributed by atoms with Crippen LogP contribution in [0.5, 0.6) is 5.75 Å². The molecule has 2 saturated heterocycles. The maximum atomic E-state index is 12.1. The van der Waals surface area contributed by atoms with Crippen LogP contribution in [-0.4, -0.2) is 60.8 Å². The largest absolute Gasteiger partial charge is 0.497 e. The number of amides is 1. The number of ether oxygens (including phenoxy) is 2. The van der Waals surface area contributed by atoms with Gasteiger partial charge in [-0.2, -0.15) is 0 Å². The van der Waals surface area contributed by atoms with E-state index in [4.69, 9.17) is 9.47 Å². The molecular formula is C18H26N2O3. The standard InChI is InChI=1S/C18H26N2O3/c1-13(2)19-11-16-17(12-19)23-18(21)20(16)10-4-5-14-6-8-15(22-3)9-7-14/h6-9,13,16-17H,4-5,10-12H2,1-3H3/t16-,17+/m1/s1. The third-order valence-electron chi connectivity index (χ3n) is 4.91. The van der Waals surface area contributed by atoms with E-state index in [1.54, 1.807) is 7.11 Å². The van der Waals surface area contributed by atoms with Crippen molar-refractivity contribution in [2.24, 2.45) is 0 Å². The van der Waals surface area contributed by atoms with E-state index >= 15 is 0 Å². The van der Waals surface area contributed by atoms with Crippen molar-refractivity contribution in [1.29, 1.82) is 0 Å². The molecule has 2 heterocycles. The summed E-state index contributed by atoms with van der Waals surface area (Å²) in [6.45, 7) is 6.94. The van der Waals surface area contributed by atoms with E-state index in [2.05, 4.69) is 30.9 Å². The summed E-state index contributed by atoms with van der Waals surface area (Å²) in [6, 6.07) is 8.85. The molecule has 5 nitrogen and oxygen atoms in total. The minimum absolute atomic E-state index is 0.0471. The summed E-state index contributed by atoms with van der Waals surface area (Å²) in [7, 11) is 1.67. The molecule has 23 heavy (non-hydrogen) atoms. The smallest absolute Gasteiger partial charge is 0.410 e. The Morgan fingerprint density at radius 1 is 1.26 bits per heavy atom. The highest BCUT2D eigenvalue weighted by Crippen LogP contribution is 2.28. The topological polar surface area (TPSA) is 42.0 Å². The zero-order chi connectivity index (χ0) is 16.4. The molecule has 0 radical (unpaired) electrons. The van der Waals surface area contributed by atoms with E-state index in [1.807, 2.05) is 17.0 Å². The van der Waals surface area contributed by atoms with Gasteiger partial charge in [-0.15, -0.1) is 0 Å². The maximum Gasteiger partial charge on any atom is 0.410 e. The minimum Gasteiger partial charge on any atom is -0.497 e. The fourth-order valence-corrected chi connectivity index (χ4v) is 3.46. The fourth-order valence-electron chi connectivity index (χ4n) is 3.46. The molecular weight excluding hydrogens is 292 g/mol. The molecule has 5 heteroatoms. The lowest BCUT2D eigenvalue weighted by Gasteiger charge is -2.24. The van der Waals surface area contributed by atoms with Gasteiger partial charge in [-0.25, -0.2) is 4.79 Å². The van der Waals surface area contributed by atoms with Crippen molar-refractivity contribution in [3.63, 3.8) is 0 Å². The van der Waals surface area contributed by atoms with E-state index in [-0.39, 0.29) is 18.2 Å². The SMILES string of the molecule is COc1ccc(CCCN2C(=O)O[C@H]3CN(C(C)C)C[C@H]32)cc1. The molecule has 2 aliphatic heterocycles. The first-order valence-electron chi connectivity index (χ1n) is 8.42. The second-order valence-electron chi connectivity index (χ2n) is 6.68. The number of fused-ring (bicyclic) bond motifs is 1. The fraction of sp³-hybridized carbons (Fsp3) is 0.611. The number of benzene rings is 1. The van der Waals surface area contributed by atoms with Crippen LogP contribution in [0.2, 0.25) is 0 Å². The quantitative estimate of drug-likeness (QED) is 0.808. The molecule has 0 aliphatic carbocycles. The molecule has 0 saturated carbocycles. The normalized spacial score (nSPS) is 24.2. The van der Waals surface area contributed by atoms with Crippen LogP contribution in [0, 0.1) is 0 Å². The van der Waals surface area contributed by atoms with Gasteiger partial charge < -0.3 is 14.4 Å². The summed E-state index contributed by atoms with van der Waals surface area (Å²) in [6.07, 6.45) is 1.81. The maximum absolute atomic E-state index is 12.1. The predicted molar refractivity (Wildman–Crippen MR) is 88.8 cm³/mol. The Morgan fingerprint density at radius 3 is 2.65 bits per heavy atom. The third-order valence-corrected chi connectivity index (χ3v) is 4.91. The van der Waals surface area contributed by atoms with Gasteiger partial charge in [-0.1, -0.05) is 12.1 Å². The van der Waals surface area contributed by atoms with Gasteiger partial charge in [0.05, 0.1) is 13.2 Å². The zero-order valence-corrected chi connectivity index (χ0v) is 14.2. The number of likely N-dealkylation sites (tertiary alicyclic amines) is 1. The summed E-state index contributed by atoms with van der Waals surface area (Å²) in [5.41, 5.74) is 1.27. The lowest BCUT2D eigenvalue weighted by Crippen LogP contribution is -2.39. The summed E-state index contributed by atoms with van der Waals surface area (Å²) in [5.74, 6) is 0.874. The van der Waals surface area contributed by atoms with Gasteiger partial charge in [-0.05, 0) is 44.4 Å². The van der Waals surface area contributed by atoms with E-state index < -0.39 is 0 Å². The lowest BCUT2D eigenvalue weighted by molar-refractivity contribution is 0.115. The molecule has 0 spiro atoms. The van der Waals surface area contributed by atoms with Crippen LogP contribution < -0.4 is 4.74 Å². The van der Waals surface area contributed by atoms with Crippen LogP contribution in [0.15, 0.2) is 24.3 Å². The highest BCUT2D eigenvalue weighted by molar-refractivity contribution is 5.71. The van der Waals surface area contributed by atoms with Gasteiger partial charge in [0.25, 0.3) is 0 Å². The Kier molecular flexibility index (Phi) is 4.76. The second kappa shape index (κ2) is 6.79. The van der Waals surface area contributed by atoms with E-state index in [9.17, 15) is 4.79 Å². The minimum atomic E-state index is -0.141. The zero-order valence-electron chi connectivity index (χ0n) is 14.2. The Labute approximate surface area is 138 Å². The van der Waals surface area contributed by atoms with Crippen LogP contribution in [0.3, 0.4) is 0 Å². The van der Waals surface area contributed by atoms with E-state index in [0.29, 0.717) is 6.04 Å². The first-order chi connectivity index (χ1) is 11.1. The lowest BCUT2D eigenvalue weighted by atomic mass is 10.1. The molecule has 0 aromatic heterocycles. The average Bonchev–Trinajstić information content (AvgIpc) is 3.07. The summed E-state index contributed by atoms with van der Waals surface area (Å²) < 4.78 is 10.7. The van der Waals surface area contributed by atoms with Crippen molar-refractivity contribution >= 4 is 6.09 Å². The molecule has 2 atom stereocenters. The van der Waals surface area contributed by atoms with Gasteiger partial charge >= 0.3 is 6.09 Å². The first-order valence-corrected chi connectivity index (χ1v) is 8.42. The van der Waals surface area contributed by atoms with Crippen LogP contribution >= 0.6 is 0 Å². The Balaban J connectivity index is 1.52. The van der Waals surface area contributed by atoms with E-state index in [1.165, 1.54) is 5.56 Å². The van der Waals surface area contributed by atoms with Gasteiger partial charge in [0, 0.05) is 25.7 Å². The summed E-state index contributed by atoms with van der Waals surface area (Å²) >= 11 is 0. The first kappa shape index (κ1) is 16.1. The monoisotopic (exact) mass is 318 g/mol.